The Kier molecular flexibility index (Phi) is 8.36. The highest BCUT2D eigenvalue weighted by molar-refractivity contribution is 6.03. The van der Waals surface area contributed by atoms with Crippen LogP contribution in [-0.2, 0) is 18.8 Å². The smallest absolute Gasteiger partial charge is 0.416 e. The molecule has 3 rings (SSSR count). The van der Waals surface area contributed by atoms with E-state index < -0.39 is 29.5 Å². The highest BCUT2D eigenvalue weighted by atomic mass is 19.4. The van der Waals surface area contributed by atoms with Gasteiger partial charge in [0.2, 0.25) is 0 Å². The van der Waals surface area contributed by atoms with Crippen molar-refractivity contribution in [1.82, 2.24) is 4.90 Å². The molecule has 0 saturated heterocycles. The van der Waals surface area contributed by atoms with Crippen molar-refractivity contribution in [2.24, 2.45) is 0 Å². The Morgan fingerprint density at radius 2 is 1.65 bits per heavy atom. The predicted octanol–water partition coefficient (Wildman–Crippen LogP) is 7.12. The number of benzene rings is 2. The van der Waals surface area contributed by atoms with E-state index in [2.05, 4.69) is 10.2 Å². The van der Waals surface area contributed by atoms with Gasteiger partial charge in [0.15, 0.2) is 0 Å². The average molecular weight is 532 g/mol. The summed E-state index contributed by atoms with van der Waals surface area (Å²) in [5.41, 5.74) is -1.35. The van der Waals surface area contributed by atoms with Crippen molar-refractivity contribution in [2.45, 2.75) is 65.5 Å². The third-order valence-corrected chi connectivity index (χ3v) is 6.30. The third-order valence-electron chi connectivity index (χ3n) is 6.30. The Balaban J connectivity index is 1.82. The molecule has 1 N–H and O–H groups in total. The number of halogens is 6. The van der Waals surface area contributed by atoms with Crippen LogP contribution in [0, 0.1) is 6.92 Å². The maximum Gasteiger partial charge on any atom is 0.416 e. The van der Waals surface area contributed by atoms with Gasteiger partial charge in [-0.3, -0.25) is 9.80 Å². The fourth-order valence-electron chi connectivity index (χ4n) is 4.57. The maximum atomic E-state index is 13.5. The van der Waals surface area contributed by atoms with E-state index in [1.807, 2.05) is 27.7 Å². The van der Waals surface area contributed by atoms with Gasteiger partial charge >= 0.3 is 18.4 Å². The number of carbonyl (C=O) groups excluding carboxylic acids is 1. The van der Waals surface area contributed by atoms with Gasteiger partial charge in [0, 0.05) is 42.6 Å². The minimum Gasteiger partial charge on any atom is -0.492 e. The second kappa shape index (κ2) is 10.8. The monoisotopic (exact) mass is 531 g/mol. The standard InChI is InChI=1S/C26H31F6N3O2/c1-15(2)34(16(3)4)8-9-37-21-12-19(25(27,28)29)11-20(13-21)33-24(36)35-7-6-18-10-17(5)22(14-23(18)35)26(30,31)32/h10-16H,6-9H2,1-5H3,(H,33,36). The minimum atomic E-state index is -4.69. The molecule has 2 aromatic carbocycles. The number of nitrogens with one attached hydrogen (secondary N) is 1. The predicted molar refractivity (Wildman–Crippen MR) is 130 cm³/mol. The maximum absolute atomic E-state index is 13.5. The molecule has 0 bridgehead atoms. The molecule has 11 heteroatoms. The number of anilines is 2. The number of nitrogens with zero attached hydrogens (tertiary/aromatic N) is 2. The molecule has 0 aromatic heterocycles. The summed E-state index contributed by atoms with van der Waals surface area (Å²) in [5, 5.41) is 2.40. The second-order valence-corrected chi connectivity index (χ2v) is 9.64. The lowest BCUT2D eigenvalue weighted by atomic mass is 10.0. The quantitative estimate of drug-likeness (QED) is 0.387. The number of ether oxygens (including phenoxy) is 1. The molecule has 0 fully saturated rings. The van der Waals surface area contributed by atoms with Crippen LogP contribution in [0.25, 0.3) is 0 Å². The van der Waals surface area contributed by atoms with Gasteiger partial charge in [0.25, 0.3) is 0 Å². The molecule has 2 amide bonds. The average Bonchev–Trinajstić information content (AvgIpc) is 3.17. The Morgan fingerprint density at radius 1 is 1.00 bits per heavy atom. The molecule has 5 nitrogen and oxygen atoms in total. The number of hydrogen-bond acceptors (Lipinski definition) is 3. The van der Waals surface area contributed by atoms with Crippen molar-refractivity contribution in [1.29, 1.82) is 0 Å². The van der Waals surface area contributed by atoms with Crippen LogP contribution in [0.2, 0.25) is 0 Å². The molecule has 1 heterocycles. The van der Waals surface area contributed by atoms with Crippen LogP contribution >= 0.6 is 0 Å². The van der Waals surface area contributed by atoms with Crippen molar-refractivity contribution < 1.29 is 35.9 Å². The van der Waals surface area contributed by atoms with Crippen LogP contribution in [0.3, 0.4) is 0 Å². The summed E-state index contributed by atoms with van der Waals surface area (Å²) < 4.78 is 86.4. The summed E-state index contributed by atoms with van der Waals surface area (Å²) in [6.07, 6.45) is -8.96. The van der Waals surface area contributed by atoms with Crippen LogP contribution in [0.5, 0.6) is 5.75 Å². The number of urea groups is 1. The lowest BCUT2D eigenvalue weighted by molar-refractivity contribution is -0.138. The van der Waals surface area contributed by atoms with Crippen LogP contribution in [-0.4, -0.2) is 42.7 Å². The molecular weight excluding hydrogens is 500 g/mol. The van der Waals surface area contributed by atoms with Crippen molar-refractivity contribution in [3.63, 3.8) is 0 Å². The molecule has 204 valence electrons. The van der Waals surface area contributed by atoms with Crippen LogP contribution in [0.1, 0.15) is 49.9 Å². The first kappa shape index (κ1) is 28.6. The summed E-state index contributed by atoms with van der Waals surface area (Å²) in [7, 11) is 0. The van der Waals surface area contributed by atoms with Gasteiger partial charge in [-0.05, 0) is 70.4 Å². The van der Waals surface area contributed by atoms with E-state index in [4.69, 9.17) is 4.74 Å². The zero-order valence-corrected chi connectivity index (χ0v) is 21.3. The lowest BCUT2D eigenvalue weighted by Gasteiger charge is -2.30. The number of rotatable bonds is 7. The van der Waals surface area contributed by atoms with E-state index in [9.17, 15) is 31.1 Å². The van der Waals surface area contributed by atoms with Gasteiger partial charge in [-0.25, -0.2) is 4.79 Å². The molecular formula is C26H31F6N3O2. The van der Waals surface area contributed by atoms with Gasteiger partial charge in [-0.15, -0.1) is 0 Å². The van der Waals surface area contributed by atoms with Gasteiger partial charge in [-0.2, -0.15) is 26.3 Å². The summed E-state index contributed by atoms with van der Waals surface area (Å²) in [6.45, 7) is 10.1. The zero-order chi connectivity index (χ0) is 27.7. The van der Waals surface area contributed by atoms with Crippen molar-refractivity contribution in [3.8, 4) is 5.75 Å². The Hall–Kier alpha value is -2.95. The van der Waals surface area contributed by atoms with E-state index in [0.717, 1.165) is 23.1 Å². The van der Waals surface area contributed by atoms with E-state index >= 15 is 0 Å². The molecule has 0 unspecified atom stereocenters. The SMILES string of the molecule is Cc1cc2c(cc1C(F)(F)F)N(C(=O)Nc1cc(OCCN(C(C)C)C(C)C)cc(C(F)(F)F)c1)CC2. The number of hydrogen-bond donors (Lipinski definition) is 1. The second-order valence-electron chi connectivity index (χ2n) is 9.64. The molecule has 0 atom stereocenters. The Labute approximate surface area is 212 Å². The number of amides is 2. The number of alkyl halides is 6. The fraction of sp³-hybridized carbons (Fsp3) is 0.500. The topological polar surface area (TPSA) is 44.8 Å². The number of aryl methyl sites for hydroxylation is 1. The van der Waals surface area contributed by atoms with Crippen molar-refractivity contribution in [2.75, 3.05) is 29.9 Å². The molecule has 0 spiro atoms. The van der Waals surface area contributed by atoms with Crippen molar-refractivity contribution in [3.05, 3.63) is 52.6 Å². The molecule has 0 saturated carbocycles. The highest BCUT2D eigenvalue weighted by Crippen LogP contribution is 2.39. The first-order valence-electron chi connectivity index (χ1n) is 12.0. The molecule has 0 aliphatic carbocycles. The van der Waals surface area contributed by atoms with Gasteiger partial charge in [0.05, 0.1) is 11.1 Å². The van der Waals surface area contributed by atoms with E-state index in [0.29, 0.717) is 18.5 Å². The molecule has 37 heavy (non-hydrogen) atoms. The Morgan fingerprint density at radius 3 is 2.22 bits per heavy atom. The van der Waals surface area contributed by atoms with Gasteiger partial charge in [-0.1, -0.05) is 6.07 Å². The van der Waals surface area contributed by atoms with E-state index in [1.165, 1.54) is 19.1 Å². The molecule has 1 aliphatic rings. The van der Waals surface area contributed by atoms with E-state index in [1.54, 1.807) is 0 Å². The third kappa shape index (κ3) is 6.88. The molecule has 1 aliphatic heterocycles. The first-order chi connectivity index (χ1) is 17.1. The summed E-state index contributed by atoms with van der Waals surface area (Å²) in [5.74, 6) is -0.0746. The van der Waals surface area contributed by atoms with Crippen LogP contribution in [0.15, 0.2) is 30.3 Å². The Bertz CT molecular complexity index is 1120. The first-order valence-corrected chi connectivity index (χ1v) is 12.0. The summed E-state index contributed by atoms with van der Waals surface area (Å²) in [4.78, 5) is 16.2. The van der Waals surface area contributed by atoms with Crippen molar-refractivity contribution >= 4 is 17.4 Å². The highest BCUT2D eigenvalue weighted by Gasteiger charge is 2.36. The zero-order valence-electron chi connectivity index (χ0n) is 21.3. The lowest BCUT2D eigenvalue weighted by Crippen LogP contribution is -2.39. The number of fused-ring (bicyclic) bond motifs is 1. The molecule has 2 aromatic rings. The number of carbonyl (C=O) groups is 1. The summed E-state index contributed by atoms with van der Waals surface area (Å²) >= 11 is 0. The molecule has 0 radical (unpaired) electrons. The van der Waals surface area contributed by atoms with E-state index in [-0.39, 0.29) is 47.9 Å². The van der Waals surface area contributed by atoms with Gasteiger partial charge in [0.1, 0.15) is 12.4 Å². The van der Waals surface area contributed by atoms with Gasteiger partial charge < -0.3 is 10.1 Å². The van der Waals surface area contributed by atoms with Crippen LogP contribution in [0.4, 0.5) is 42.5 Å². The fourth-order valence-corrected chi connectivity index (χ4v) is 4.57. The summed E-state index contributed by atoms with van der Waals surface area (Å²) in [6, 6.07) is 4.80. The minimum absolute atomic E-state index is 0.0432. The largest absolute Gasteiger partial charge is 0.492 e. The normalized spacial score (nSPS) is 14.1. The van der Waals surface area contributed by atoms with Crippen LogP contribution < -0.4 is 15.0 Å².